The minimum Gasteiger partial charge on any atom is -0.456 e. The smallest absolute Gasteiger partial charge is 0.161 e. The van der Waals surface area contributed by atoms with Gasteiger partial charge in [0.25, 0.3) is 0 Å². The van der Waals surface area contributed by atoms with E-state index in [0.717, 1.165) is 71.9 Å². The van der Waals surface area contributed by atoms with Crippen molar-refractivity contribution < 1.29 is 4.42 Å². The van der Waals surface area contributed by atoms with Gasteiger partial charge in [0.05, 0.1) is 11.4 Å². The molecule has 55 heavy (non-hydrogen) atoms. The van der Waals surface area contributed by atoms with Crippen LogP contribution in [0.25, 0.3) is 88.9 Å². The highest BCUT2D eigenvalue weighted by atomic mass is 16.3. The minimum absolute atomic E-state index is 0.307. The molecular weight excluding hydrogens is 669 g/mol. The summed E-state index contributed by atoms with van der Waals surface area (Å²) in [5.41, 5.74) is 15.0. The maximum Gasteiger partial charge on any atom is 0.161 e. The van der Waals surface area contributed by atoms with Crippen molar-refractivity contribution in [3.63, 3.8) is 0 Å². The van der Waals surface area contributed by atoms with E-state index in [2.05, 4.69) is 183 Å². The molecule has 0 radical (unpaired) electrons. The van der Waals surface area contributed by atoms with E-state index in [4.69, 9.17) is 14.4 Å². The molecule has 0 aliphatic heterocycles. The van der Waals surface area contributed by atoms with Crippen LogP contribution < -0.4 is 0 Å². The average Bonchev–Trinajstić information content (AvgIpc) is 3.76. The van der Waals surface area contributed by atoms with Gasteiger partial charge < -0.3 is 4.42 Å². The third-order valence-corrected chi connectivity index (χ3v) is 11.6. The first kappa shape index (κ1) is 31.4. The quantitative estimate of drug-likeness (QED) is 0.179. The number of hydrogen-bond acceptors (Lipinski definition) is 3. The number of hydrogen-bond donors (Lipinski definition) is 0. The summed E-state index contributed by atoms with van der Waals surface area (Å²) < 4.78 is 6.22. The first-order valence-electron chi connectivity index (χ1n) is 18.8. The third-order valence-electron chi connectivity index (χ3n) is 11.6. The van der Waals surface area contributed by atoms with E-state index in [1.54, 1.807) is 0 Å². The van der Waals surface area contributed by atoms with Crippen molar-refractivity contribution in [3.8, 4) is 56.2 Å². The highest BCUT2D eigenvalue weighted by Crippen LogP contribution is 2.55. The van der Waals surface area contributed by atoms with Crippen LogP contribution in [0.3, 0.4) is 0 Å². The van der Waals surface area contributed by atoms with Gasteiger partial charge in [0, 0.05) is 32.9 Å². The molecular formula is C52H34N2O. The fourth-order valence-corrected chi connectivity index (χ4v) is 8.85. The average molecular weight is 703 g/mol. The number of para-hydroxylation sites is 1. The highest BCUT2D eigenvalue weighted by molar-refractivity contribution is 6.06. The lowest BCUT2D eigenvalue weighted by Gasteiger charge is -2.28. The predicted octanol–water partition coefficient (Wildman–Crippen LogP) is 13.5. The van der Waals surface area contributed by atoms with E-state index in [1.165, 1.54) is 27.8 Å². The van der Waals surface area contributed by atoms with Crippen molar-refractivity contribution >= 4 is 32.7 Å². The van der Waals surface area contributed by atoms with Gasteiger partial charge in [-0.2, -0.15) is 0 Å². The van der Waals surface area contributed by atoms with Crippen molar-refractivity contribution in [1.82, 2.24) is 9.97 Å². The maximum atomic E-state index is 6.22. The van der Waals surface area contributed by atoms with Crippen LogP contribution >= 0.6 is 0 Å². The minimum atomic E-state index is -0.307. The van der Waals surface area contributed by atoms with Gasteiger partial charge in [0.1, 0.15) is 11.2 Å². The zero-order valence-corrected chi connectivity index (χ0v) is 30.2. The van der Waals surface area contributed by atoms with Crippen LogP contribution in [0, 0.1) is 0 Å². The standard InChI is InChI=1S/C52H34N2O/c1-52(37-15-3-2-4-16-37)44-22-9-7-19-42(44)50-43(21-12-23-45(50)52)47-32-46(53-51(54-47)41-20-11-14-34-13-5-6-17-38(34)41)35-27-25-33(26-28-35)36-29-30-40-39-18-8-10-24-48(39)55-49(40)31-36/h2-32H,1H3. The second kappa shape index (κ2) is 12.2. The van der Waals surface area contributed by atoms with Gasteiger partial charge in [-0.3, -0.25) is 0 Å². The molecule has 10 aromatic rings. The molecule has 1 aliphatic carbocycles. The molecule has 0 spiro atoms. The Bertz CT molecular complexity index is 3100. The first-order chi connectivity index (χ1) is 27.1. The van der Waals surface area contributed by atoms with Gasteiger partial charge in [-0.1, -0.05) is 164 Å². The van der Waals surface area contributed by atoms with E-state index in [9.17, 15) is 0 Å². The molecule has 0 bridgehead atoms. The molecule has 0 saturated heterocycles. The Balaban J connectivity index is 1.09. The number of fused-ring (bicyclic) bond motifs is 7. The lowest BCUT2D eigenvalue weighted by atomic mass is 9.74. The van der Waals surface area contributed by atoms with E-state index < -0.39 is 0 Å². The lowest BCUT2D eigenvalue weighted by molar-refractivity contribution is 0.669. The van der Waals surface area contributed by atoms with Crippen molar-refractivity contribution in [2.75, 3.05) is 0 Å². The van der Waals surface area contributed by atoms with E-state index in [1.807, 2.05) is 12.1 Å². The summed E-state index contributed by atoms with van der Waals surface area (Å²) >= 11 is 0. The van der Waals surface area contributed by atoms with Crippen LogP contribution in [0.5, 0.6) is 0 Å². The summed E-state index contributed by atoms with van der Waals surface area (Å²) in [5.74, 6) is 0.707. The van der Waals surface area contributed by atoms with Crippen LogP contribution in [0.2, 0.25) is 0 Å². The highest BCUT2D eigenvalue weighted by Gasteiger charge is 2.41. The van der Waals surface area contributed by atoms with Crippen LogP contribution in [0.4, 0.5) is 0 Å². The molecule has 3 heteroatoms. The Morgan fingerprint density at radius 3 is 1.93 bits per heavy atom. The molecule has 1 aliphatic rings. The van der Waals surface area contributed by atoms with Crippen molar-refractivity contribution in [2.45, 2.75) is 12.3 Å². The molecule has 0 amide bonds. The number of benzene rings is 8. The van der Waals surface area contributed by atoms with E-state index in [-0.39, 0.29) is 5.41 Å². The molecule has 2 aromatic heterocycles. The number of furan rings is 1. The second-order valence-electron chi connectivity index (χ2n) is 14.6. The van der Waals surface area contributed by atoms with Crippen LogP contribution in [-0.4, -0.2) is 9.97 Å². The fourth-order valence-electron chi connectivity index (χ4n) is 8.85. The Kier molecular flexibility index (Phi) is 6.99. The zero-order valence-electron chi connectivity index (χ0n) is 30.2. The van der Waals surface area contributed by atoms with Crippen LogP contribution in [-0.2, 0) is 5.41 Å². The summed E-state index contributed by atoms with van der Waals surface area (Å²) in [5, 5.41) is 4.56. The van der Waals surface area contributed by atoms with Crippen molar-refractivity contribution in [1.29, 1.82) is 0 Å². The Morgan fingerprint density at radius 1 is 0.418 bits per heavy atom. The summed E-state index contributed by atoms with van der Waals surface area (Å²) in [6.45, 7) is 2.36. The molecule has 1 unspecified atom stereocenters. The van der Waals surface area contributed by atoms with Crippen LogP contribution in [0.1, 0.15) is 23.6 Å². The molecule has 3 nitrogen and oxygen atoms in total. The Hall–Kier alpha value is -7.10. The predicted molar refractivity (Wildman–Crippen MR) is 226 cm³/mol. The normalized spacial score (nSPS) is 14.7. The first-order valence-corrected chi connectivity index (χ1v) is 18.8. The second-order valence-corrected chi connectivity index (χ2v) is 14.6. The molecule has 2 heterocycles. The Labute approximate surface area is 319 Å². The molecule has 0 N–H and O–H groups in total. The van der Waals surface area contributed by atoms with Crippen molar-refractivity contribution in [3.05, 3.63) is 205 Å². The summed E-state index contributed by atoms with van der Waals surface area (Å²) in [6, 6.07) is 66.9. The summed E-state index contributed by atoms with van der Waals surface area (Å²) in [6.07, 6.45) is 0. The van der Waals surface area contributed by atoms with E-state index in [0.29, 0.717) is 5.82 Å². The van der Waals surface area contributed by atoms with Gasteiger partial charge in [-0.25, -0.2) is 9.97 Å². The number of aromatic nitrogens is 2. The van der Waals surface area contributed by atoms with Gasteiger partial charge in [0.2, 0.25) is 0 Å². The molecule has 0 fully saturated rings. The largest absolute Gasteiger partial charge is 0.456 e. The SMILES string of the molecule is CC1(c2ccccc2)c2ccccc2-c2c(-c3cc(-c4ccc(-c5ccc6c(c5)oc5ccccc56)cc4)nc(-c4cccc5ccccc45)n3)cccc21. The monoisotopic (exact) mass is 702 g/mol. The zero-order chi connectivity index (χ0) is 36.5. The van der Waals surface area contributed by atoms with Crippen molar-refractivity contribution in [2.24, 2.45) is 0 Å². The van der Waals surface area contributed by atoms with Gasteiger partial charge in [-0.15, -0.1) is 0 Å². The van der Waals surface area contributed by atoms with E-state index >= 15 is 0 Å². The lowest BCUT2D eigenvalue weighted by Crippen LogP contribution is -2.22. The molecule has 0 saturated carbocycles. The summed E-state index contributed by atoms with van der Waals surface area (Å²) in [7, 11) is 0. The maximum absolute atomic E-state index is 6.22. The third kappa shape index (κ3) is 4.90. The van der Waals surface area contributed by atoms with Gasteiger partial charge >= 0.3 is 0 Å². The number of rotatable bonds is 5. The molecule has 258 valence electrons. The van der Waals surface area contributed by atoms with Gasteiger partial charge in [-0.05, 0) is 80.9 Å². The molecule has 8 aromatic carbocycles. The fraction of sp³-hybridized carbons (Fsp3) is 0.0385. The summed E-state index contributed by atoms with van der Waals surface area (Å²) in [4.78, 5) is 10.7. The van der Waals surface area contributed by atoms with Gasteiger partial charge in [0.15, 0.2) is 5.82 Å². The van der Waals surface area contributed by atoms with Crippen LogP contribution in [0.15, 0.2) is 192 Å². The Morgan fingerprint density at radius 2 is 1.04 bits per heavy atom. The topological polar surface area (TPSA) is 38.9 Å². The number of nitrogens with zero attached hydrogens (tertiary/aromatic N) is 2. The molecule has 1 atom stereocenters. The molecule has 11 rings (SSSR count).